The van der Waals surface area contributed by atoms with E-state index in [4.69, 9.17) is 16.7 Å². The van der Waals surface area contributed by atoms with E-state index in [2.05, 4.69) is 10.3 Å². The number of nitrogens with zero attached hydrogens (tertiary/aromatic N) is 1. The maximum Gasteiger partial charge on any atom is 0.417 e. The maximum absolute atomic E-state index is 13.7. The van der Waals surface area contributed by atoms with Gasteiger partial charge in [-0.25, -0.2) is 0 Å². The van der Waals surface area contributed by atoms with Crippen LogP contribution in [-0.4, -0.2) is 22.0 Å². The molecule has 4 rings (SSSR count). The van der Waals surface area contributed by atoms with Gasteiger partial charge in [0.05, 0.1) is 11.5 Å². The lowest BCUT2D eigenvalue weighted by Crippen LogP contribution is -2.27. The van der Waals surface area contributed by atoms with Crippen molar-refractivity contribution in [2.75, 3.05) is 5.32 Å². The number of hydrogen-bond acceptors (Lipinski definition) is 3. The van der Waals surface area contributed by atoms with Crippen LogP contribution in [0.15, 0.2) is 54.9 Å². The number of aromatic nitrogens is 1. The Labute approximate surface area is 224 Å². The van der Waals surface area contributed by atoms with Gasteiger partial charge in [0.25, 0.3) is 0 Å². The van der Waals surface area contributed by atoms with E-state index in [9.17, 15) is 22.8 Å². The first-order valence-corrected chi connectivity index (χ1v) is 12.9. The molecule has 1 aliphatic rings. The van der Waals surface area contributed by atoms with Crippen molar-refractivity contribution >= 4 is 29.2 Å². The average molecular weight is 545 g/mol. The highest BCUT2D eigenvalue weighted by molar-refractivity contribution is 6.33. The first-order valence-electron chi connectivity index (χ1n) is 12.5. The molecule has 3 aromatic rings. The quantitative estimate of drug-likeness (QED) is 0.305. The molecular formula is C29H28ClF3N2O3. The Bertz CT molecular complexity index is 1340. The number of pyridine rings is 1. The molecule has 1 heterocycles. The predicted octanol–water partition coefficient (Wildman–Crippen LogP) is 7.66. The van der Waals surface area contributed by atoms with Crippen LogP contribution in [-0.2, 0) is 22.2 Å². The number of rotatable bonds is 8. The van der Waals surface area contributed by atoms with Crippen LogP contribution in [0.4, 0.5) is 18.9 Å². The molecule has 0 saturated heterocycles. The van der Waals surface area contributed by atoms with Crippen molar-refractivity contribution in [1.29, 1.82) is 0 Å². The number of aryl methyl sites for hydroxylation is 1. The Hall–Kier alpha value is -3.39. The van der Waals surface area contributed by atoms with Gasteiger partial charge in [-0.3, -0.25) is 14.6 Å². The van der Waals surface area contributed by atoms with E-state index in [1.165, 1.54) is 6.20 Å². The van der Waals surface area contributed by atoms with E-state index in [1.54, 1.807) is 30.3 Å². The summed E-state index contributed by atoms with van der Waals surface area (Å²) >= 11 is 6.56. The standard InChI is InChI=1S/C29H28ClF3N2O3/c1-17-18(10-12-26(36)37)7-4-8-25(17)35-28(38)27(19-5-2-3-6-19)20-9-11-23(24(30)14-20)21-13-22(16-34-15-21)29(31,32)33/h4,7-9,11,13-16,19,27H,2-3,5-6,10,12H2,1H3,(H,35,38)(H,36,37)/t27-/m1/s1. The lowest BCUT2D eigenvalue weighted by molar-refractivity contribution is -0.138. The summed E-state index contributed by atoms with van der Waals surface area (Å²) in [6, 6.07) is 11.5. The van der Waals surface area contributed by atoms with Gasteiger partial charge in [0, 0.05) is 40.7 Å². The van der Waals surface area contributed by atoms with E-state index in [0.29, 0.717) is 23.2 Å². The topological polar surface area (TPSA) is 79.3 Å². The van der Waals surface area contributed by atoms with Gasteiger partial charge in [-0.2, -0.15) is 13.2 Å². The Morgan fingerprint density at radius 2 is 1.87 bits per heavy atom. The van der Waals surface area contributed by atoms with Crippen LogP contribution >= 0.6 is 11.6 Å². The molecular weight excluding hydrogens is 517 g/mol. The van der Waals surface area contributed by atoms with Gasteiger partial charge >= 0.3 is 12.1 Å². The molecule has 1 fully saturated rings. The largest absolute Gasteiger partial charge is 0.481 e. The number of hydrogen-bond donors (Lipinski definition) is 2. The van der Waals surface area contributed by atoms with Crippen molar-refractivity contribution in [3.05, 3.63) is 82.1 Å². The zero-order valence-electron chi connectivity index (χ0n) is 20.8. The molecule has 38 heavy (non-hydrogen) atoms. The highest BCUT2D eigenvalue weighted by atomic mass is 35.5. The molecule has 1 saturated carbocycles. The van der Waals surface area contributed by atoms with E-state index in [1.807, 2.05) is 13.0 Å². The summed E-state index contributed by atoms with van der Waals surface area (Å²) in [4.78, 5) is 28.4. The van der Waals surface area contributed by atoms with Crippen molar-refractivity contribution in [2.45, 2.75) is 57.5 Å². The molecule has 1 atom stereocenters. The highest BCUT2D eigenvalue weighted by Gasteiger charge is 2.34. The van der Waals surface area contributed by atoms with E-state index >= 15 is 0 Å². The zero-order chi connectivity index (χ0) is 27.4. The first kappa shape index (κ1) is 27.6. The third kappa shape index (κ3) is 6.35. The summed E-state index contributed by atoms with van der Waals surface area (Å²) in [7, 11) is 0. The van der Waals surface area contributed by atoms with E-state index in [-0.39, 0.29) is 28.8 Å². The molecule has 5 nitrogen and oxygen atoms in total. The second-order valence-electron chi connectivity index (χ2n) is 9.69. The number of carboxylic acid groups (broad SMARTS) is 1. The minimum absolute atomic E-state index is 0.00478. The molecule has 1 aliphatic carbocycles. The van der Waals surface area contributed by atoms with Gasteiger partial charge in [-0.1, -0.05) is 48.7 Å². The molecule has 0 spiro atoms. The Morgan fingerprint density at radius 3 is 2.53 bits per heavy atom. The summed E-state index contributed by atoms with van der Waals surface area (Å²) in [6.45, 7) is 1.85. The zero-order valence-corrected chi connectivity index (χ0v) is 21.6. The summed E-state index contributed by atoms with van der Waals surface area (Å²) in [5.41, 5.74) is 2.77. The Kier molecular flexibility index (Phi) is 8.41. The molecule has 0 bridgehead atoms. The molecule has 200 valence electrons. The highest BCUT2D eigenvalue weighted by Crippen LogP contribution is 2.41. The van der Waals surface area contributed by atoms with Crippen LogP contribution in [0.25, 0.3) is 11.1 Å². The number of carbonyl (C=O) groups is 2. The molecule has 1 amide bonds. The van der Waals surface area contributed by atoms with Crippen LogP contribution in [0.3, 0.4) is 0 Å². The second kappa shape index (κ2) is 11.6. The lowest BCUT2D eigenvalue weighted by atomic mass is 9.83. The smallest absolute Gasteiger partial charge is 0.417 e. The van der Waals surface area contributed by atoms with Gasteiger partial charge < -0.3 is 10.4 Å². The molecule has 0 unspecified atom stereocenters. The number of alkyl halides is 3. The lowest BCUT2D eigenvalue weighted by Gasteiger charge is -2.25. The minimum Gasteiger partial charge on any atom is -0.481 e. The van der Waals surface area contributed by atoms with Crippen LogP contribution in [0.1, 0.15) is 60.3 Å². The van der Waals surface area contributed by atoms with Crippen LogP contribution in [0.2, 0.25) is 5.02 Å². The summed E-state index contributed by atoms with van der Waals surface area (Å²) in [5.74, 6) is -1.48. The fourth-order valence-electron chi connectivity index (χ4n) is 5.17. The molecule has 2 aromatic carbocycles. The Morgan fingerprint density at radius 1 is 1.13 bits per heavy atom. The van der Waals surface area contributed by atoms with Gasteiger partial charge in [0.2, 0.25) is 5.91 Å². The number of benzene rings is 2. The number of halogens is 4. The normalized spacial score (nSPS) is 14.9. The summed E-state index contributed by atoms with van der Waals surface area (Å²) in [5, 5.41) is 12.3. The SMILES string of the molecule is Cc1c(CCC(=O)O)cccc1NC(=O)[C@@H](c1ccc(-c2cncc(C(F)(F)F)c2)c(Cl)c1)C1CCCC1. The molecule has 1 aromatic heterocycles. The second-order valence-corrected chi connectivity index (χ2v) is 10.1. The van der Waals surface area contributed by atoms with Crippen molar-refractivity contribution < 1.29 is 27.9 Å². The van der Waals surface area contributed by atoms with Crippen molar-refractivity contribution in [3.63, 3.8) is 0 Å². The molecule has 0 aliphatic heterocycles. The van der Waals surface area contributed by atoms with Crippen LogP contribution < -0.4 is 5.32 Å². The number of amides is 1. The summed E-state index contributed by atoms with van der Waals surface area (Å²) in [6.07, 6.45) is 1.72. The fourth-order valence-corrected chi connectivity index (χ4v) is 5.47. The number of carboxylic acids is 1. The van der Waals surface area contributed by atoms with Gasteiger partial charge in [-0.05, 0) is 67.0 Å². The summed E-state index contributed by atoms with van der Waals surface area (Å²) < 4.78 is 39.5. The van der Waals surface area contributed by atoms with Gasteiger partial charge in [0.1, 0.15) is 0 Å². The third-order valence-corrected chi connectivity index (χ3v) is 7.51. The number of nitrogens with one attached hydrogen (secondary N) is 1. The van der Waals surface area contributed by atoms with Crippen LogP contribution in [0, 0.1) is 12.8 Å². The van der Waals surface area contributed by atoms with E-state index in [0.717, 1.165) is 49.1 Å². The van der Waals surface area contributed by atoms with Crippen LogP contribution in [0.5, 0.6) is 0 Å². The number of aliphatic carboxylic acids is 1. The molecule has 0 radical (unpaired) electrons. The van der Waals surface area contributed by atoms with E-state index < -0.39 is 23.6 Å². The number of anilines is 1. The third-order valence-electron chi connectivity index (χ3n) is 7.19. The van der Waals surface area contributed by atoms with Gasteiger partial charge in [0.15, 0.2) is 0 Å². The first-order chi connectivity index (χ1) is 18.0. The maximum atomic E-state index is 13.7. The Balaban J connectivity index is 1.63. The van der Waals surface area contributed by atoms with Crippen molar-refractivity contribution in [1.82, 2.24) is 4.98 Å². The minimum atomic E-state index is -4.52. The average Bonchev–Trinajstić information content (AvgIpc) is 3.38. The monoisotopic (exact) mass is 544 g/mol. The fraction of sp³-hybridized carbons (Fsp3) is 0.345. The molecule has 9 heteroatoms. The number of carbonyl (C=O) groups excluding carboxylic acids is 1. The van der Waals surface area contributed by atoms with Gasteiger partial charge in [-0.15, -0.1) is 0 Å². The predicted molar refractivity (Wildman–Crippen MR) is 140 cm³/mol. The van der Waals surface area contributed by atoms with Crippen molar-refractivity contribution in [2.24, 2.45) is 5.92 Å². The van der Waals surface area contributed by atoms with Crippen molar-refractivity contribution in [3.8, 4) is 11.1 Å². The molecule has 2 N–H and O–H groups in total.